The minimum Gasteiger partial charge on any atom is -0.316 e. The Hall–Kier alpha value is -1.07. The number of hydrogen-bond donors (Lipinski definition) is 2. The minimum absolute atomic E-state index is 0.424. The van der Waals surface area contributed by atoms with Crippen LogP contribution in [0.4, 0.5) is 13.2 Å². The fraction of sp³-hybridized carbons (Fsp3) is 0.400. The summed E-state index contributed by atoms with van der Waals surface area (Å²) in [5.74, 6) is 0. The minimum atomic E-state index is -4.27. The van der Waals surface area contributed by atoms with Gasteiger partial charge in [0.05, 0.1) is 11.7 Å². The predicted octanol–water partition coefficient (Wildman–Crippen LogP) is 1.88. The molecule has 1 rings (SSSR count). The molecule has 0 saturated carbocycles. The van der Waals surface area contributed by atoms with Crippen molar-refractivity contribution in [3.05, 3.63) is 35.4 Å². The Morgan fingerprint density at radius 1 is 1.07 bits per heavy atom. The lowest BCUT2D eigenvalue weighted by molar-refractivity contribution is -0.137. The third-order valence-electron chi connectivity index (χ3n) is 2.05. The molecule has 0 bridgehead atoms. The van der Waals surface area contributed by atoms with Crippen LogP contribution in [-0.2, 0) is 12.6 Å². The molecule has 2 nitrogen and oxygen atoms in total. The highest BCUT2D eigenvalue weighted by Gasteiger charge is 2.29. The Labute approximate surface area is 86.1 Å². The van der Waals surface area contributed by atoms with Gasteiger partial charge in [-0.3, -0.25) is 0 Å². The Morgan fingerprint density at radius 2 is 1.60 bits per heavy atom. The number of alkyl halides is 3. The topological polar surface area (TPSA) is 52.0 Å². The van der Waals surface area contributed by atoms with Crippen molar-refractivity contribution >= 4 is 0 Å². The summed E-state index contributed by atoms with van der Waals surface area (Å²) in [5.41, 5.74) is 10.8. The molecule has 0 radical (unpaired) electrons. The highest BCUT2D eigenvalue weighted by molar-refractivity contribution is 5.24. The van der Waals surface area contributed by atoms with E-state index in [0.29, 0.717) is 12.8 Å². The van der Waals surface area contributed by atoms with E-state index in [4.69, 9.17) is 11.5 Å². The van der Waals surface area contributed by atoms with Gasteiger partial charge in [0.15, 0.2) is 0 Å². The maximum Gasteiger partial charge on any atom is 0.416 e. The molecule has 15 heavy (non-hydrogen) atoms. The van der Waals surface area contributed by atoms with E-state index in [2.05, 4.69) is 0 Å². The van der Waals surface area contributed by atoms with Gasteiger partial charge in [0, 0.05) is 0 Å². The number of benzene rings is 1. The van der Waals surface area contributed by atoms with Gasteiger partial charge in [-0.05, 0) is 30.5 Å². The molecule has 0 fully saturated rings. The first-order valence-electron chi connectivity index (χ1n) is 4.57. The third-order valence-corrected chi connectivity index (χ3v) is 2.05. The number of halogens is 3. The summed E-state index contributed by atoms with van der Waals surface area (Å²) in [6.45, 7) is 0. The van der Waals surface area contributed by atoms with E-state index < -0.39 is 17.9 Å². The van der Waals surface area contributed by atoms with E-state index in [1.165, 1.54) is 12.1 Å². The van der Waals surface area contributed by atoms with Crippen LogP contribution in [0.1, 0.15) is 17.5 Å². The third kappa shape index (κ3) is 3.89. The predicted molar refractivity (Wildman–Crippen MR) is 51.9 cm³/mol. The van der Waals surface area contributed by atoms with Crippen LogP contribution in [0.25, 0.3) is 0 Å². The van der Waals surface area contributed by atoms with Crippen molar-refractivity contribution in [3.8, 4) is 0 Å². The molecule has 0 saturated heterocycles. The van der Waals surface area contributed by atoms with Crippen molar-refractivity contribution in [1.29, 1.82) is 0 Å². The molecule has 4 N–H and O–H groups in total. The first kappa shape index (κ1) is 12.0. The molecule has 0 aliphatic carbocycles. The molecule has 0 aliphatic heterocycles. The quantitative estimate of drug-likeness (QED) is 0.761. The molecule has 0 aromatic heterocycles. The molecule has 1 aromatic rings. The highest BCUT2D eigenvalue weighted by Crippen LogP contribution is 2.29. The molecule has 0 aliphatic rings. The van der Waals surface area contributed by atoms with Gasteiger partial charge in [0.1, 0.15) is 0 Å². The van der Waals surface area contributed by atoms with Crippen LogP contribution < -0.4 is 11.5 Å². The first-order chi connectivity index (χ1) is 6.89. The fourth-order valence-electron chi connectivity index (χ4n) is 1.19. The van der Waals surface area contributed by atoms with Crippen molar-refractivity contribution in [3.63, 3.8) is 0 Å². The normalized spacial score (nSPS) is 12.1. The molecular formula is C10H13F3N2. The van der Waals surface area contributed by atoms with Crippen molar-refractivity contribution in [2.45, 2.75) is 25.2 Å². The lowest BCUT2D eigenvalue weighted by Gasteiger charge is -2.08. The molecule has 0 spiro atoms. The van der Waals surface area contributed by atoms with E-state index >= 15 is 0 Å². The fourth-order valence-corrected chi connectivity index (χ4v) is 1.19. The Kier molecular flexibility index (Phi) is 3.71. The summed E-state index contributed by atoms with van der Waals surface area (Å²) in [6, 6.07) is 5.03. The SMILES string of the molecule is NC(N)CCc1ccc(C(F)(F)F)cc1. The number of rotatable bonds is 3. The van der Waals surface area contributed by atoms with Gasteiger partial charge in [-0.1, -0.05) is 12.1 Å². The van der Waals surface area contributed by atoms with Gasteiger partial charge in [0.25, 0.3) is 0 Å². The summed E-state index contributed by atoms with van der Waals surface area (Å²) in [7, 11) is 0. The van der Waals surface area contributed by atoms with E-state index in [1.54, 1.807) is 0 Å². The number of hydrogen-bond acceptors (Lipinski definition) is 2. The first-order valence-corrected chi connectivity index (χ1v) is 4.57. The van der Waals surface area contributed by atoms with E-state index in [1.807, 2.05) is 0 Å². The molecule has 0 atom stereocenters. The van der Waals surface area contributed by atoms with Crippen LogP contribution >= 0.6 is 0 Å². The number of aryl methyl sites for hydroxylation is 1. The summed E-state index contributed by atoms with van der Waals surface area (Å²) in [6.07, 6.45) is -3.54. The van der Waals surface area contributed by atoms with Gasteiger partial charge in [-0.25, -0.2) is 0 Å². The van der Waals surface area contributed by atoms with E-state index in [-0.39, 0.29) is 0 Å². The molecule has 0 amide bonds. The summed E-state index contributed by atoms with van der Waals surface area (Å²) in [4.78, 5) is 0. The summed E-state index contributed by atoms with van der Waals surface area (Å²) in [5, 5.41) is 0. The maximum absolute atomic E-state index is 12.2. The van der Waals surface area contributed by atoms with E-state index in [9.17, 15) is 13.2 Å². The average molecular weight is 218 g/mol. The van der Waals surface area contributed by atoms with Crippen LogP contribution in [0.15, 0.2) is 24.3 Å². The van der Waals surface area contributed by atoms with Crippen molar-refractivity contribution in [2.24, 2.45) is 11.5 Å². The smallest absolute Gasteiger partial charge is 0.316 e. The highest BCUT2D eigenvalue weighted by atomic mass is 19.4. The zero-order valence-electron chi connectivity index (χ0n) is 8.09. The Balaban J connectivity index is 2.65. The van der Waals surface area contributed by atoms with Crippen molar-refractivity contribution in [1.82, 2.24) is 0 Å². The lowest BCUT2D eigenvalue weighted by Crippen LogP contribution is -2.30. The monoisotopic (exact) mass is 218 g/mol. The maximum atomic E-state index is 12.2. The molecule has 1 aromatic carbocycles. The Morgan fingerprint density at radius 3 is 2.00 bits per heavy atom. The summed E-state index contributed by atoms with van der Waals surface area (Å²) < 4.78 is 36.6. The van der Waals surface area contributed by atoms with Crippen LogP contribution in [0, 0.1) is 0 Å². The van der Waals surface area contributed by atoms with Gasteiger partial charge in [0.2, 0.25) is 0 Å². The van der Waals surface area contributed by atoms with Gasteiger partial charge >= 0.3 is 6.18 Å². The van der Waals surface area contributed by atoms with Crippen LogP contribution in [0.3, 0.4) is 0 Å². The number of nitrogens with two attached hydrogens (primary N) is 2. The van der Waals surface area contributed by atoms with E-state index in [0.717, 1.165) is 17.7 Å². The molecule has 5 heteroatoms. The average Bonchev–Trinajstić information content (AvgIpc) is 2.14. The molecule has 0 heterocycles. The standard InChI is InChI=1S/C10H13F3N2/c11-10(12,13)8-4-1-7(2-5-8)3-6-9(14)15/h1-2,4-5,9H,3,6,14-15H2. The zero-order chi connectivity index (χ0) is 11.5. The molecule has 84 valence electrons. The van der Waals surface area contributed by atoms with Gasteiger partial charge in [-0.2, -0.15) is 13.2 Å². The lowest BCUT2D eigenvalue weighted by atomic mass is 10.1. The second-order valence-electron chi connectivity index (χ2n) is 3.40. The van der Waals surface area contributed by atoms with Gasteiger partial charge < -0.3 is 11.5 Å². The molecular weight excluding hydrogens is 205 g/mol. The van der Waals surface area contributed by atoms with Gasteiger partial charge in [-0.15, -0.1) is 0 Å². The molecule has 0 unspecified atom stereocenters. The largest absolute Gasteiger partial charge is 0.416 e. The summed E-state index contributed by atoms with van der Waals surface area (Å²) >= 11 is 0. The zero-order valence-corrected chi connectivity index (χ0v) is 8.09. The van der Waals surface area contributed by atoms with Crippen molar-refractivity contribution in [2.75, 3.05) is 0 Å². The van der Waals surface area contributed by atoms with Crippen LogP contribution in [-0.4, -0.2) is 6.17 Å². The van der Waals surface area contributed by atoms with Crippen molar-refractivity contribution < 1.29 is 13.2 Å². The Bertz CT molecular complexity index is 303. The van der Waals surface area contributed by atoms with Crippen LogP contribution in [0.5, 0.6) is 0 Å². The second-order valence-corrected chi connectivity index (χ2v) is 3.40. The second kappa shape index (κ2) is 4.63. The van der Waals surface area contributed by atoms with Crippen LogP contribution in [0.2, 0.25) is 0 Å².